The Hall–Kier alpha value is -2.35. The van der Waals surface area contributed by atoms with Crippen LogP contribution in [-0.4, -0.2) is 13.0 Å². The van der Waals surface area contributed by atoms with Crippen LogP contribution in [0.1, 0.15) is 5.56 Å². The van der Waals surface area contributed by atoms with E-state index in [0.717, 1.165) is 5.56 Å². The fourth-order valence-electron chi connectivity index (χ4n) is 2.29. The second-order valence-electron chi connectivity index (χ2n) is 5.23. The quantitative estimate of drug-likeness (QED) is 0.772. The molecule has 0 amide bonds. The predicted octanol–water partition coefficient (Wildman–Crippen LogP) is 2.71. The van der Waals surface area contributed by atoms with Crippen molar-refractivity contribution in [1.82, 2.24) is 4.57 Å². The fourth-order valence-corrected chi connectivity index (χ4v) is 2.98. The zero-order valence-corrected chi connectivity index (χ0v) is 14.1. The molecular weight excluding hydrogens is 352 g/mol. The molecule has 8 heteroatoms. The van der Waals surface area contributed by atoms with Gasteiger partial charge in [0.15, 0.2) is 0 Å². The minimum absolute atomic E-state index is 0.0120. The van der Waals surface area contributed by atoms with E-state index in [2.05, 4.69) is 0 Å². The summed E-state index contributed by atoms with van der Waals surface area (Å²) in [6.45, 7) is 1.86. The molecule has 0 aliphatic rings. The first-order valence-electron chi connectivity index (χ1n) is 6.87. The SMILES string of the molecule is Cc1ccc(-n2c(-c3ccc(S(N)(=O)=O)cc3)coc2=O)cc1Cl. The number of sulfonamides is 1. The lowest BCUT2D eigenvalue weighted by atomic mass is 10.1. The third-order valence-corrected chi connectivity index (χ3v) is 4.92. The molecule has 124 valence electrons. The number of nitrogens with zero attached hydrogens (tertiary/aromatic N) is 1. The van der Waals surface area contributed by atoms with Gasteiger partial charge in [-0.2, -0.15) is 0 Å². The molecule has 1 aromatic heterocycles. The van der Waals surface area contributed by atoms with E-state index >= 15 is 0 Å². The maximum absolute atomic E-state index is 12.1. The maximum atomic E-state index is 12.1. The number of rotatable bonds is 3. The normalized spacial score (nSPS) is 11.6. The standard InChI is InChI=1S/C16H13ClN2O4S/c1-10-2-5-12(8-14(10)17)19-15(9-23-16(19)20)11-3-6-13(7-4-11)24(18,21)22/h2-9H,1H3,(H2,18,21,22). The second kappa shape index (κ2) is 5.94. The summed E-state index contributed by atoms with van der Waals surface area (Å²) in [7, 11) is -3.78. The van der Waals surface area contributed by atoms with E-state index < -0.39 is 15.8 Å². The first-order chi connectivity index (χ1) is 11.3. The number of hydrogen-bond donors (Lipinski definition) is 1. The molecule has 0 saturated carbocycles. The van der Waals surface area contributed by atoms with Crippen molar-refractivity contribution in [2.24, 2.45) is 5.14 Å². The average molecular weight is 365 g/mol. The molecular formula is C16H13ClN2O4S. The van der Waals surface area contributed by atoms with E-state index in [-0.39, 0.29) is 4.90 Å². The van der Waals surface area contributed by atoms with Crippen LogP contribution in [0.2, 0.25) is 5.02 Å². The van der Waals surface area contributed by atoms with Gasteiger partial charge in [0.1, 0.15) is 6.26 Å². The maximum Gasteiger partial charge on any atom is 0.424 e. The zero-order chi connectivity index (χ0) is 17.5. The minimum Gasteiger partial charge on any atom is -0.415 e. The Morgan fingerprint density at radius 2 is 1.79 bits per heavy atom. The van der Waals surface area contributed by atoms with Crippen molar-refractivity contribution < 1.29 is 12.8 Å². The fraction of sp³-hybridized carbons (Fsp3) is 0.0625. The number of halogens is 1. The lowest BCUT2D eigenvalue weighted by molar-refractivity contribution is 0.504. The van der Waals surface area contributed by atoms with Crippen LogP contribution < -0.4 is 10.9 Å². The number of hydrogen-bond acceptors (Lipinski definition) is 4. The van der Waals surface area contributed by atoms with Gasteiger partial charge in [-0.3, -0.25) is 0 Å². The molecule has 0 aliphatic heterocycles. The summed E-state index contributed by atoms with van der Waals surface area (Å²) in [4.78, 5) is 12.1. The first-order valence-corrected chi connectivity index (χ1v) is 8.80. The molecule has 0 atom stereocenters. The average Bonchev–Trinajstić information content (AvgIpc) is 2.91. The van der Waals surface area contributed by atoms with Gasteiger partial charge in [0.2, 0.25) is 10.0 Å². The Morgan fingerprint density at radius 1 is 1.12 bits per heavy atom. The highest BCUT2D eigenvalue weighted by Gasteiger charge is 2.15. The molecule has 0 fully saturated rings. The molecule has 0 saturated heterocycles. The van der Waals surface area contributed by atoms with Crippen molar-refractivity contribution in [3.05, 3.63) is 69.9 Å². The Balaban J connectivity index is 2.14. The van der Waals surface area contributed by atoms with Crippen LogP contribution in [0.3, 0.4) is 0 Å². The summed E-state index contributed by atoms with van der Waals surface area (Å²) in [5.74, 6) is -0.569. The molecule has 0 radical (unpaired) electrons. The van der Waals surface area contributed by atoms with E-state index in [1.165, 1.54) is 23.0 Å². The summed E-state index contributed by atoms with van der Waals surface area (Å²) in [5.41, 5.74) is 2.51. The summed E-state index contributed by atoms with van der Waals surface area (Å²) in [6.07, 6.45) is 1.31. The van der Waals surface area contributed by atoms with Crippen molar-refractivity contribution >= 4 is 21.6 Å². The molecule has 24 heavy (non-hydrogen) atoms. The molecule has 0 aliphatic carbocycles. The van der Waals surface area contributed by atoms with Gasteiger partial charge in [0.25, 0.3) is 0 Å². The monoisotopic (exact) mass is 364 g/mol. The lowest BCUT2D eigenvalue weighted by Gasteiger charge is -2.08. The van der Waals surface area contributed by atoms with Crippen LogP contribution >= 0.6 is 11.6 Å². The highest BCUT2D eigenvalue weighted by atomic mass is 35.5. The predicted molar refractivity (Wildman–Crippen MR) is 90.9 cm³/mol. The van der Waals surface area contributed by atoms with Gasteiger partial charge in [-0.15, -0.1) is 0 Å². The van der Waals surface area contributed by atoms with Crippen LogP contribution in [-0.2, 0) is 10.0 Å². The summed E-state index contributed by atoms with van der Waals surface area (Å²) < 4.78 is 29.0. The van der Waals surface area contributed by atoms with Crippen molar-refractivity contribution in [3.8, 4) is 16.9 Å². The third-order valence-electron chi connectivity index (χ3n) is 3.59. The van der Waals surface area contributed by atoms with E-state index in [1.807, 2.05) is 6.92 Å². The number of primary sulfonamides is 1. The molecule has 0 spiro atoms. The van der Waals surface area contributed by atoms with Gasteiger partial charge >= 0.3 is 5.76 Å². The molecule has 2 aromatic carbocycles. The van der Waals surface area contributed by atoms with Crippen LogP contribution in [0, 0.1) is 6.92 Å². The summed E-state index contributed by atoms with van der Waals surface area (Å²) >= 11 is 6.13. The number of benzene rings is 2. The molecule has 1 heterocycles. The number of aromatic nitrogens is 1. The number of nitrogens with two attached hydrogens (primary N) is 1. The molecule has 0 unspecified atom stereocenters. The second-order valence-corrected chi connectivity index (χ2v) is 7.19. The molecule has 6 nitrogen and oxygen atoms in total. The van der Waals surface area contributed by atoms with Crippen LogP contribution in [0.25, 0.3) is 16.9 Å². The van der Waals surface area contributed by atoms with Gasteiger partial charge in [-0.1, -0.05) is 29.8 Å². The van der Waals surface area contributed by atoms with E-state index in [0.29, 0.717) is 22.0 Å². The van der Waals surface area contributed by atoms with E-state index in [4.69, 9.17) is 21.2 Å². The van der Waals surface area contributed by atoms with E-state index in [9.17, 15) is 13.2 Å². The van der Waals surface area contributed by atoms with Crippen LogP contribution in [0.4, 0.5) is 0 Å². The van der Waals surface area contributed by atoms with Gasteiger partial charge in [-0.25, -0.2) is 22.9 Å². The topological polar surface area (TPSA) is 95.3 Å². The van der Waals surface area contributed by atoms with Crippen LogP contribution in [0.15, 0.2) is 62.8 Å². The first kappa shape index (κ1) is 16.5. The highest BCUT2D eigenvalue weighted by Crippen LogP contribution is 2.25. The Kier molecular flexibility index (Phi) is 4.08. The largest absolute Gasteiger partial charge is 0.424 e. The van der Waals surface area contributed by atoms with Gasteiger partial charge in [0, 0.05) is 10.6 Å². The highest BCUT2D eigenvalue weighted by molar-refractivity contribution is 7.89. The van der Waals surface area contributed by atoms with Crippen molar-refractivity contribution in [2.75, 3.05) is 0 Å². The number of oxazole rings is 1. The molecule has 2 N–H and O–H groups in total. The summed E-state index contributed by atoms with van der Waals surface area (Å²) in [5, 5.41) is 5.61. The van der Waals surface area contributed by atoms with Crippen molar-refractivity contribution in [3.63, 3.8) is 0 Å². The Bertz CT molecular complexity index is 1070. The van der Waals surface area contributed by atoms with E-state index in [1.54, 1.807) is 30.3 Å². The zero-order valence-electron chi connectivity index (χ0n) is 12.6. The van der Waals surface area contributed by atoms with Crippen molar-refractivity contribution in [2.45, 2.75) is 11.8 Å². The van der Waals surface area contributed by atoms with Gasteiger partial charge in [0.05, 0.1) is 16.3 Å². The molecule has 3 aromatic rings. The van der Waals surface area contributed by atoms with Gasteiger partial charge in [-0.05, 0) is 36.8 Å². The molecule has 3 rings (SSSR count). The third kappa shape index (κ3) is 3.01. The minimum atomic E-state index is -3.78. The summed E-state index contributed by atoms with van der Waals surface area (Å²) in [6, 6.07) is 11.1. The number of aryl methyl sites for hydroxylation is 1. The molecule has 0 bridgehead atoms. The van der Waals surface area contributed by atoms with Crippen molar-refractivity contribution in [1.29, 1.82) is 0 Å². The Labute approximate surface area is 143 Å². The Morgan fingerprint density at radius 3 is 2.38 bits per heavy atom. The van der Waals surface area contributed by atoms with Gasteiger partial charge < -0.3 is 4.42 Å². The lowest BCUT2D eigenvalue weighted by Crippen LogP contribution is -2.13. The smallest absolute Gasteiger partial charge is 0.415 e. The van der Waals surface area contributed by atoms with Crippen LogP contribution in [0.5, 0.6) is 0 Å².